The molecule has 0 saturated heterocycles. The molecular weight excluding hydrogens is 280 g/mol. The lowest BCUT2D eigenvalue weighted by Gasteiger charge is -2.18. The van der Waals surface area contributed by atoms with Gasteiger partial charge in [0.25, 0.3) is 6.43 Å². The van der Waals surface area contributed by atoms with Gasteiger partial charge in [-0.05, 0) is 19.1 Å². The van der Waals surface area contributed by atoms with E-state index < -0.39 is 13.0 Å². The van der Waals surface area contributed by atoms with Crippen molar-refractivity contribution in [1.29, 1.82) is 0 Å². The topological polar surface area (TPSA) is 54.9 Å². The molecule has 0 bridgehead atoms. The van der Waals surface area contributed by atoms with E-state index in [1.807, 2.05) is 25.1 Å². The first-order valence-electron chi connectivity index (χ1n) is 6.58. The summed E-state index contributed by atoms with van der Waals surface area (Å²) in [4.78, 5) is 3.85. The largest absolute Gasteiger partial charge is 0.497 e. The summed E-state index contributed by atoms with van der Waals surface area (Å²) in [6.45, 7) is 1.86. The van der Waals surface area contributed by atoms with Crippen LogP contribution in [-0.4, -0.2) is 45.7 Å². The van der Waals surface area contributed by atoms with Crippen molar-refractivity contribution in [3.63, 3.8) is 0 Å². The highest BCUT2D eigenvalue weighted by Gasteiger charge is 2.08. The van der Waals surface area contributed by atoms with E-state index in [1.165, 1.54) is 7.05 Å². The number of guanidine groups is 1. The maximum atomic E-state index is 12.1. The molecule has 1 unspecified atom stereocenters. The van der Waals surface area contributed by atoms with Crippen LogP contribution < -0.4 is 20.1 Å². The summed E-state index contributed by atoms with van der Waals surface area (Å²) >= 11 is 0. The van der Waals surface area contributed by atoms with Crippen LogP contribution in [0, 0.1) is 0 Å². The smallest absolute Gasteiger partial charge is 0.255 e. The van der Waals surface area contributed by atoms with Gasteiger partial charge in [0.1, 0.15) is 17.6 Å². The van der Waals surface area contributed by atoms with Gasteiger partial charge in [-0.3, -0.25) is 4.99 Å². The number of methoxy groups -OCH3 is 1. The van der Waals surface area contributed by atoms with Gasteiger partial charge in [-0.1, -0.05) is 6.07 Å². The number of ether oxygens (including phenoxy) is 2. The van der Waals surface area contributed by atoms with Crippen LogP contribution in [0.1, 0.15) is 6.92 Å². The van der Waals surface area contributed by atoms with Gasteiger partial charge in [-0.2, -0.15) is 0 Å². The molecular formula is C14H21F2N3O2. The van der Waals surface area contributed by atoms with Crippen LogP contribution in [0.4, 0.5) is 8.78 Å². The molecule has 0 radical (unpaired) electrons. The van der Waals surface area contributed by atoms with Gasteiger partial charge < -0.3 is 20.1 Å². The predicted octanol–water partition coefficient (Wildman–Crippen LogP) is 1.89. The monoisotopic (exact) mass is 301 g/mol. The average Bonchev–Trinajstić information content (AvgIpc) is 2.47. The van der Waals surface area contributed by atoms with Gasteiger partial charge in [0, 0.05) is 13.1 Å². The number of hydrogen-bond acceptors (Lipinski definition) is 3. The van der Waals surface area contributed by atoms with Gasteiger partial charge in [0.05, 0.1) is 20.2 Å². The Labute approximate surface area is 123 Å². The summed E-state index contributed by atoms with van der Waals surface area (Å²) in [6.07, 6.45) is -2.59. The Morgan fingerprint density at radius 2 is 1.90 bits per heavy atom. The first kappa shape index (κ1) is 17.0. The summed E-state index contributed by atoms with van der Waals surface area (Å²) in [5, 5.41) is 5.44. The third-order valence-electron chi connectivity index (χ3n) is 2.58. The third kappa shape index (κ3) is 6.78. The fraction of sp³-hybridized carbons (Fsp3) is 0.500. The number of hydrogen-bond donors (Lipinski definition) is 2. The zero-order valence-corrected chi connectivity index (χ0v) is 12.4. The normalized spacial score (nSPS) is 13.0. The van der Waals surface area contributed by atoms with Gasteiger partial charge in [0.2, 0.25) is 0 Å². The zero-order chi connectivity index (χ0) is 15.7. The molecule has 0 amide bonds. The molecule has 1 rings (SSSR count). The molecule has 21 heavy (non-hydrogen) atoms. The van der Waals surface area contributed by atoms with Crippen LogP contribution in [0.15, 0.2) is 29.3 Å². The number of rotatable bonds is 7. The molecule has 0 aliphatic rings. The summed E-state index contributed by atoms with van der Waals surface area (Å²) < 4.78 is 35.0. The number of benzene rings is 1. The molecule has 0 aromatic heterocycles. The lowest BCUT2D eigenvalue weighted by atomic mass is 10.3. The summed E-state index contributed by atoms with van der Waals surface area (Å²) in [5.41, 5.74) is 0. The highest BCUT2D eigenvalue weighted by Crippen LogP contribution is 2.19. The number of halogens is 2. The fourth-order valence-corrected chi connectivity index (χ4v) is 1.58. The van der Waals surface area contributed by atoms with Crippen LogP contribution in [0.3, 0.4) is 0 Å². The van der Waals surface area contributed by atoms with Crippen LogP contribution in [0.2, 0.25) is 0 Å². The minimum absolute atomic E-state index is 0.165. The Bertz CT molecular complexity index is 456. The molecule has 0 aliphatic carbocycles. The van der Waals surface area contributed by atoms with E-state index in [-0.39, 0.29) is 6.10 Å². The van der Waals surface area contributed by atoms with Crippen molar-refractivity contribution in [3.05, 3.63) is 24.3 Å². The van der Waals surface area contributed by atoms with Gasteiger partial charge >= 0.3 is 0 Å². The van der Waals surface area contributed by atoms with Crippen molar-refractivity contribution in [2.75, 3.05) is 27.2 Å². The second-order valence-electron chi connectivity index (χ2n) is 4.33. The van der Waals surface area contributed by atoms with Gasteiger partial charge in [0.15, 0.2) is 5.96 Å². The van der Waals surface area contributed by atoms with E-state index in [2.05, 4.69) is 15.6 Å². The first-order chi connectivity index (χ1) is 10.0. The summed E-state index contributed by atoms with van der Waals surface area (Å²) in [7, 11) is 3.11. The Morgan fingerprint density at radius 3 is 2.52 bits per heavy atom. The van der Waals surface area contributed by atoms with Crippen LogP contribution in [0.25, 0.3) is 0 Å². The zero-order valence-electron chi connectivity index (χ0n) is 12.4. The summed E-state index contributed by atoms with van der Waals surface area (Å²) in [6, 6.07) is 7.26. The second-order valence-corrected chi connectivity index (χ2v) is 4.33. The average molecular weight is 301 g/mol. The van der Waals surface area contributed by atoms with E-state index in [0.717, 1.165) is 0 Å². The van der Waals surface area contributed by atoms with Crippen molar-refractivity contribution in [1.82, 2.24) is 10.6 Å². The van der Waals surface area contributed by atoms with Gasteiger partial charge in [-0.15, -0.1) is 0 Å². The fourth-order valence-electron chi connectivity index (χ4n) is 1.58. The van der Waals surface area contributed by atoms with E-state index >= 15 is 0 Å². The maximum Gasteiger partial charge on any atom is 0.255 e. The number of nitrogens with one attached hydrogen (secondary N) is 2. The van der Waals surface area contributed by atoms with E-state index in [1.54, 1.807) is 13.2 Å². The molecule has 0 fully saturated rings. The number of aliphatic imine (C=N–C) groups is 1. The molecule has 7 heteroatoms. The molecule has 0 saturated carbocycles. The first-order valence-corrected chi connectivity index (χ1v) is 6.58. The van der Waals surface area contributed by atoms with Crippen molar-refractivity contribution in [3.8, 4) is 11.5 Å². The third-order valence-corrected chi connectivity index (χ3v) is 2.58. The maximum absolute atomic E-state index is 12.1. The van der Waals surface area contributed by atoms with Gasteiger partial charge in [-0.25, -0.2) is 8.78 Å². The van der Waals surface area contributed by atoms with Crippen molar-refractivity contribution in [2.24, 2.45) is 4.99 Å². The quantitative estimate of drug-likeness (QED) is 0.596. The second kappa shape index (κ2) is 8.99. The standard InChI is InChI=1S/C14H21F2N3O2/c1-10(8-18-14(17-2)19-9-13(15)16)21-12-6-4-5-11(7-12)20-3/h4-7,10,13H,8-9H2,1-3H3,(H2,17,18,19). The van der Waals surface area contributed by atoms with Crippen LogP contribution in [0.5, 0.6) is 11.5 Å². The molecule has 118 valence electrons. The van der Waals surface area contributed by atoms with Crippen LogP contribution >= 0.6 is 0 Å². The molecule has 0 heterocycles. The molecule has 0 aliphatic heterocycles. The number of nitrogens with zero attached hydrogens (tertiary/aromatic N) is 1. The van der Waals surface area contributed by atoms with E-state index in [9.17, 15) is 8.78 Å². The lowest BCUT2D eigenvalue weighted by Crippen LogP contribution is -2.43. The highest BCUT2D eigenvalue weighted by atomic mass is 19.3. The molecule has 1 aromatic rings. The van der Waals surface area contributed by atoms with Crippen molar-refractivity contribution < 1.29 is 18.3 Å². The van der Waals surface area contributed by atoms with Crippen molar-refractivity contribution >= 4 is 5.96 Å². The lowest BCUT2D eigenvalue weighted by molar-refractivity contribution is 0.152. The Morgan fingerprint density at radius 1 is 1.24 bits per heavy atom. The molecule has 5 nitrogen and oxygen atoms in total. The molecule has 1 aromatic carbocycles. The van der Waals surface area contributed by atoms with Crippen molar-refractivity contribution in [2.45, 2.75) is 19.5 Å². The molecule has 0 spiro atoms. The molecule has 2 N–H and O–H groups in total. The number of alkyl halides is 2. The Kier molecular flexibility index (Phi) is 7.28. The Balaban J connectivity index is 2.40. The van der Waals surface area contributed by atoms with E-state index in [4.69, 9.17) is 9.47 Å². The SMILES string of the molecule is CN=C(NCC(F)F)NCC(C)Oc1cccc(OC)c1. The Hall–Kier alpha value is -2.05. The highest BCUT2D eigenvalue weighted by molar-refractivity contribution is 5.79. The predicted molar refractivity (Wildman–Crippen MR) is 78.5 cm³/mol. The summed E-state index contributed by atoms with van der Waals surface area (Å²) in [5.74, 6) is 1.71. The molecule has 1 atom stereocenters. The minimum atomic E-state index is -2.42. The van der Waals surface area contributed by atoms with E-state index in [0.29, 0.717) is 24.0 Å². The minimum Gasteiger partial charge on any atom is -0.497 e. The van der Waals surface area contributed by atoms with Crippen LogP contribution in [-0.2, 0) is 0 Å².